The third-order valence-electron chi connectivity index (χ3n) is 10.7. The molecule has 7 heteroatoms. The van der Waals surface area contributed by atoms with Crippen molar-refractivity contribution in [1.82, 2.24) is 5.32 Å². The number of hydrogen-bond acceptors (Lipinski definition) is 5. The Morgan fingerprint density at radius 2 is 1.76 bits per heavy atom. The van der Waals surface area contributed by atoms with Gasteiger partial charge in [-0.1, -0.05) is 27.2 Å². The molecule has 33 heavy (non-hydrogen) atoms. The summed E-state index contributed by atoms with van der Waals surface area (Å²) in [5.74, 6) is 0.189. The molecule has 0 spiro atoms. The van der Waals surface area contributed by atoms with Gasteiger partial charge in [0, 0.05) is 12.3 Å². The summed E-state index contributed by atoms with van der Waals surface area (Å²) in [6.07, 6.45) is 5.85. The van der Waals surface area contributed by atoms with E-state index in [2.05, 4.69) is 26.1 Å². The molecule has 0 heterocycles. The molecular weight excluding hydrogens is 422 g/mol. The van der Waals surface area contributed by atoms with Crippen molar-refractivity contribution < 1.29 is 30.0 Å². The van der Waals surface area contributed by atoms with Crippen LogP contribution in [0.15, 0.2) is 0 Å². The lowest BCUT2D eigenvalue weighted by molar-refractivity contribution is -0.214. The van der Waals surface area contributed by atoms with Crippen molar-refractivity contribution in [2.75, 3.05) is 6.54 Å². The predicted molar refractivity (Wildman–Crippen MR) is 123 cm³/mol. The van der Waals surface area contributed by atoms with Gasteiger partial charge in [-0.05, 0) is 85.4 Å². The first-order chi connectivity index (χ1) is 15.5. The monoisotopic (exact) mass is 465 g/mol. The van der Waals surface area contributed by atoms with Crippen LogP contribution in [0.1, 0.15) is 78.6 Å². The van der Waals surface area contributed by atoms with Crippen LogP contribution in [0.2, 0.25) is 0 Å². The second-order valence-electron chi connectivity index (χ2n) is 12.2. The zero-order chi connectivity index (χ0) is 24.1. The Morgan fingerprint density at radius 3 is 2.45 bits per heavy atom. The van der Waals surface area contributed by atoms with E-state index in [-0.39, 0.29) is 35.1 Å². The zero-order valence-electron chi connectivity index (χ0n) is 20.4. The third kappa shape index (κ3) is 4.12. The van der Waals surface area contributed by atoms with Crippen LogP contribution in [-0.4, -0.2) is 57.2 Å². The van der Waals surface area contributed by atoms with E-state index in [4.69, 9.17) is 5.11 Å². The molecule has 0 aromatic rings. The second kappa shape index (κ2) is 9.12. The van der Waals surface area contributed by atoms with Crippen LogP contribution < -0.4 is 5.32 Å². The van der Waals surface area contributed by atoms with E-state index >= 15 is 0 Å². The molecule has 11 unspecified atom stereocenters. The number of carbonyl (C=O) groups is 2. The molecule has 4 aliphatic carbocycles. The fourth-order valence-corrected chi connectivity index (χ4v) is 9.21. The van der Waals surface area contributed by atoms with E-state index in [0.29, 0.717) is 42.9 Å². The number of amides is 1. The summed E-state index contributed by atoms with van der Waals surface area (Å²) in [7, 11) is 0. The number of rotatable bonds is 6. The fraction of sp³-hybridized carbons (Fsp3) is 0.923. The van der Waals surface area contributed by atoms with E-state index in [1.165, 1.54) is 0 Å². The highest BCUT2D eigenvalue weighted by atomic mass is 16.4. The number of carboxylic acid groups (broad SMARTS) is 1. The van der Waals surface area contributed by atoms with Crippen LogP contribution >= 0.6 is 0 Å². The summed E-state index contributed by atoms with van der Waals surface area (Å²) in [4.78, 5) is 22.7. The van der Waals surface area contributed by atoms with Crippen molar-refractivity contribution in [2.24, 2.45) is 46.3 Å². The second-order valence-corrected chi connectivity index (χ2v) is 12.2. The molecular formula is C26H43NO6. The van der Waals surface area contributed by atoms with Crippen LogP contribution in [0, 0.1) is 46.3 Å². The van der Waals surface area contributed by atoms with Crippen LogP contribution in [0.25, 0.3) is 0 Å². The largest absolute Gasteiger partial charge is 0.480 e. The molecule has 188 valence electrons. The van der Waals surface area contributed by atoms with Crippen LogP contribution in [-0.2, 0) is 9.59 Å². The maximum Gasteiger partial charge on any atom is 0.322 e. The average molecular weight is 466 g/mol. The minimum absolute atomic E-state index is 0.0931. The zero-order valence-corrected chi connectivity index (χ0v) is 20.4. The molecule has 0 bridgehead atoms. The van der Waals surface area contributed by atoms with Crippen molar-refractivity contribution in [3.63, 3.8) is 0 Å². The Hall–Kier alpha value is -1.18. The Bertz CT molecular complexity index is 759. The van der Waals surface area contributed by atoms with Gasteiger partial charge in [-0.3, -0.25) is 9.59 Å². The van der Waals surface area contributed by atoms with E-state index in [1.807, 2.05) is 0 Å². The highest BCUT2D eigenvalue weighted by Crippen LogP contribution is 2.68. The molecule has 5 N–H and O–H groups in total. The van der Waals surface area contributed by atoms with E-state index in [0.717, 1.165) is 38.5 Å². The van der Waals surface area contributed by atoms with Gasteiger partial charge in [0.15, 0.2) is 0 Å². The molecule has 11 atom stereocenters. The Morgan fingerprint density at radius 1 is 1.03 bits per heavy atom. The van der Waals surface area contributed by atoms with Gasteiger partial charge in [0.1, 0.15) is 6.54 Å². The minimum Gasteiger partial charge on any atom is -0.480 e. The minimum atomic E-state index is -1.04. The van der Waals surface area contributed by atoms with Gasteiger partial charge in [0.25, 0.3) is 0 Å². The number of aliphatic carboxylic acids is 1. The van der Waals surface area contributed by atoms with Gasteiger partial charge < -0.3 is 25.7 Å². The number of aliphatic hydroxyl groups excluding tert-OH is 3. The third-order valence-corrected chi connectivity index (χ3v) is 10.7. The summed E-state index contributed by atoms with van der Waals surface area (Å²) in [5.41, 5.74) is -0.372. The lowest BCUT2D eigenvalue weighted by Crippen LogP contribution is -2.63. The molecule has 4 rings (SSSR count). The fourth-order valence-electron chi connectivity index (χ4n) is 9.21. The van der Waals surface area contributed by atoms with Gasteiger partial charge in [0.2, 0.25) is 5.91 Å². The van der Waals surface area contributed by atoms with Gasteiger partial charge in [-0.2, -0.15) is 0 Å². The number of aliphatic hydroxyl groups is 3. The molecule has 0 aromatic carbocycles. The van der Waals surface area contributed by atoms with E-state index in [1.54, 1.807) is 0 Å². The standard InChI is InChI=1S/C26H43NO6/c1-14(6-9-22(31)27-13-23(32)33)16-7-8-17-15-11-20(29)24-19(28)5-4-10-25(24,2)18(15)12-21(30)26(16,17)3/h14-21,24,28-30H,4-13H2,1-3H3,(H,27,31)(H,32,33). The van der Waals surface area contributed by atoms with Gasteiger partial charge >= 0.3 is 5.97 Å². The summed E-state index contributed by atoms with van der Waals surface area (Å²) in [5, 5.41) is 44.7. The van der Waals surface area contributed by atoms with E-state index in [9.17, 15) is 24.9 Å². The van der Waals surface area contributed by atoms with Crippen molar-refractivity contribution in [3.8, 4) is 0 Å². The Kier molecular flexibility index (Phi) is 6.89. The summed E-state index contributed by atoms with van der Waals surface area (Å²) >= 11 is 0. The highest BCUT2D eigenvalue weighted by molar-refractivity contribution is 5.81. The molecule has 4 fully saturated rings. The lowest BCUT2D eigenvalue weighted by Gasteiger charge is -2.63. The maximum atomic E-state index is 12.0. The van der Waals surface area contributed by atoms with Gasteiger partial charge in [0.05, 0.1) is 18.3 Å². The molecule has 0 aromatic heterocycles. The molecule has 7 nitrogen and oxygen atoms in total. The van der Waals surface area contributed by atoms with Crippen molar-refractivity contribution in [1.29, 1.82) is 0 Å². The Balaban J connectivity index is 1.49. The summed E-state index contributed by atoms with van der Waals surface area (Å²) < 4.78 is 0. The van der Waals surface area contributed by atoms with Crippen molar-refractivity contribution in [2.45, 2.75) is 96.9 Å². The first-order valence-electron chi connectivity index (χ1n) is 13.0. The topological polar surface area (TPSA) is 127 Å². The number of hydrogen-bond donors (Lipinski definition) is 5. The quantitative estimate of drug-likeness (QED) is 0.410. The van der Waals surface area contributed by atoms with Crippen LogP contribution in [0.5, 0.6) is 0 Å². The van der Waals surface area contributed by atoms with Crippen molar-refractivity contribution in [3.05, 3.63) is 0 Å². The Labute approximate surface area is 197 Å². The SMILES string of the molecule is CC(CCC(=O)NCC(=O)O)C1CCC2C3CC(O)C4C(O)CCCC4(C)C3CC(O)C12C. The molecule has 4 aliphatic rings. The predicted octanol–water partition coefficient (Wildman–Crippen LogP) is 2.56. The molecule has 1 amide bonds. The number of nitrogens with one attached hydrogen (secondary N) is 1. The molecule has 0 radical (unpaired) electrons. The first kappa shape index (κ1) is 24.9. The summed E-state index contributed by atoms with van der Waals surface area (Å²) in [6, 6.07) is 0. The van der Waals surface area contributed by atoms with Crippen LogP contribution in [0.4, 0.5) is 0 Å². The highest BCUT2D eigenvalue weighted by Gasteiger charge is 2.65. The lowest BCUT2D eigenvalue weighted by atomic mass is 9.43. The number of carbonyl (C=O) groups excluding carboxylic acids is 1. The van der Waals surface area contributed by atoms with Gasteiger partial charge in [-0.25, -0.2) is 0 Å². The normalized spacial score (nSPS) is 47.7. The number of carboxylic acids is 1. The molecule has 4 saturated carbocycles. The van der Waals surface area contributed by atoms with Crippen molar-refractivity contribution >= 4 is 11.9 Å². The summed E-state index contributed by atoms with van der Waals surface area (Å²) in [6.45, 7) is 6.29. The van der Waals surface area contributed by atoms with Crippen LogP contribution in [0.3, 0.4) is 0 Å². The van der Waals surface area contributed by atoms with Gasteiger partial charge in [-0.15, -0.1) is 0 Å². The molecule has 0 saturated heterocycles. The maximum absolute atomic E-state index is 12.0. The number of fused-ring (bicyclic) bond motifs is 5. The average Bonchev–Trinajstić information content (AvgIpc) is 3.10. The molecule has 0 aliphatic heterocycles. The smallest absolute Gasteiger partial charge is 0.322 e. The van der Waals surface area contributed by atoms with E-state index < -0.39 is 24.3 Å². The first-order valence-corrected chi connectivity index (χ1v) is 13.0.